The fourth-order valence-electron chi connectivity index (χ4n) is 1.64. The minimum Gasteiger partial charge on any atom is -0.313 e. The van der Waals surface area contributed by atoms with Crippen molar-refractivity contribution in [1.82, 2.24) is 5.32 Å². The molecule has 98 valence electrons. The SMILES string of the molecule is CCS(=O)(=O)CCCC(NC)c1csc(I)c1. The zero-order valence-corrected chi connectivity index (χ0v) is 13.9. The highest BCUT2D eigenvalue weighted by Gasteiger charge is 2.13. The van der Waals surface area contributed by atoms with E-state index >= 15 is 0 Å². The highest BCUT2D eigenvalue weighted by molar-refractivity contribution is 14.1. The van der Waals surface area contributed by atoms with Gasteiger partial charge in [-0.25, -0.2) is 8.42 Å². The molecule has 1 aromatic rings. The molecule has 0 saturated carbocycles. The van der Waals surface area contributed by atoms with Crippen molar-refractivity contribution in [3.8, 4) is 0 Å². The third-order valence-electron chi connectivity index (χ3n) is 2.73. The average Bonchev–Trinajstić information content (AvgIpc) is 2.71. The second kappa shape index (κ2) is 7.06. The lowest BCUT2D eigenvalue weighted by Crippen LogP contribution is -2.17. The average molecular weight is 387 g/mol. The van der Waals surface area contributed by atoms with Crippen molar-refractivity contribution in [3.05, 3.63) is 19.9 Å². The van der Waals surface area contributed by atoms with Crippen molar-refractivity contribution in [2.24, 2.45) is 0 Å². The summed E-state index contributed by atoms with van der Waals surface area (Å²) in [5.74, 6) is 0.538. The first-order valence-corrected chi connectivity index (χ1v) is 9.38. The fraction of sp³-hybridized carbons (Fsp3) is 0.636. The molecule has 0 spiro atoms. The first-order valence-electron chi connectivity index (χ1n) is 5.60. The van der Waals surface area contributed by atoms with Gasteiger partial charge in [0.1, 0.15) is 9.84 Å². The van der Waals surface area contributed by atoms with Crippen LogP contribution in [0.4, 0.5) is 0 Å². The molecule has 0 fully saturated rings. The van der Waals surface area contributed by atoms with Gasteiger partial charge in [-0.05, 0) is 59.5 Å². The van der Waals surface area contributed by atoms with Gasteiger partial charge in [-0.15, -0.1) is 11.3 Å². The van der Waals surface area contributed by atoms with E-state index in [1.165, 1.54) is 8.45 Å². The van der Waals surface area contributed by atoms with Gasteiger partial charge in [0.25, 0.3) is 0 Å². The molecule has 1 heterocycles. The molecule has 0 aromatic carbocycles. The first-order chi connectivity index (χ1) is 7.98. The normalized spacial score (nSPS) is 13.8. The second-order valence-electron chi connectivity index (χ2n) is 3.90. The molecule has 1 atom stereocenters. The maximum Gasteiger partial charge on any atom is 0.150 e. The molecular formula is C11H18INO2S2. The van der Waals surface area contributed by atoms with E-state index in [2.05, 4.69) is 39.4 Å². The molecule has 0 saturated heterocycles. The van der Waals surface area contributed by atoms with Crippen LogP contribution in [0.1, 0.15) is 31.4 Å². The summed E-state index contributed by atoms with van der Waals surface area (Å²) in [6.45, 7) is 1.70. The van der Waals surface area contributed by atoms with Crippen LogP contribution in [-0.2, 0) is 9.84 Å². The molecule has 0 aliphatic heterocycles. The van der Waals surface area contributed by atoms with Crippen LogP contribution in [0, 0.1) is 2.88 Å². The molecule has 3 nitrogen and oxygen atoms in total. The Labute approximate surface area is 121 Å². The van der Waals surface area contributed by atoms with Crippen LogP contribution in [0.2, 0.25) is 0 Å². The van der Waals surface area contributed by atoms with Gasteiger partial charge < -0.3 is 5.32 Å². The van der Waals surface area contributed by atoms with E-state index in [0.29, 0.717) is 12.2 Å². The Morgan fingerprint density at radius 3 is 2.71 bits per heavy atom. The quantitative estimate of drug-likeness (QED) is 0.732. The van der Waals surface area contributed by atoms with E-state index in [9.17, 15) is 8.42 Å². The number of halogens is 1. The van der Waals surface area contributed by atoms with Crippen molar-refractivity contribution in [2.75, 3.05) is 18.6 Å². The molecule has 0 aliphatic rings. The van der Waals surface area contributed by atoms with Gasteiger partial charge in [-0.2, -0.15) is 0 Å². The first kappa shape index (κ1) is 15.4. The molecule has 1 aromatic heterocycles. The van der Waals surface area contributed by atoms with Gasteiger partial charge in [0, 0.05) is 11.8 Å². The van der Waals surface area contributed by atoms with Crippen LogP contribution in [-0.4, -0.2) is 27.0 Å². The third kappa shape index (κ3) is 5.23. The lowest BCUT2D eigenvalue weighted by molar-refractivity contribution is 0.536. The second-order valence-corrected chi connectivity index (χ2v) is 9.18. The van der Waals surface area contributed by atoms with Gasteiger partial charge in [0.15, 0.2) is 0 Å². The van der Waals surface area contributed by atoms with E-state index in [1.807, 2.05) is 7.05 Å². The summed E-state index contributed by atoms with van der Waals surface area (Å²) in [4.78, 5) is 0. The molecule has 17 heavy (non-hydrogen) atoms. The van der Waals surface area contributed by atoms with Gasteiger partial charge in [-0.3, -0.25) is 0 Å². The largest absolute Gasteiger partial charge is 0.313 e. The number of nitrogens with one attached hydrogen (secondary N) is 1. The lowest BCUT2D eigenvalue weighted by atomic mass is 10.1. The molecule has 0 amide bonds. The minimum absolute atomic E-state index is 0.244. The van der Waals surface area contributed by atoms with Crippen LogP contribution in [0.3, 0.4) is 0 Å². The Bertz CT molecular complexity index is 442. The number of hydrogen-bond donors (Lipinski definition) is 1. The highest BCUT2D eigenvalue weighted by atomic mass is 127. The van der Waals surface area contributed by atoms with Crippen LogP contribution >= 0.6 is 33.9 Å². The van der Waals surface area contributed by atoms with E-state index in [1.54, 1.807) is 18.3 Å². The predicted octanol–water partition coefficient (Wildman–Crippen LogP) is 2.83. The molecule has 0 aliphatic carbocycles. The summed E-state index contributed by atoms with van der Waals surface area (Å²) in [6.07, 6.45) is 1.58. The molecule has 1 unspecified atom stereocenters. The van der Waals surface area contributed by atoms with Crippen LogP contribution in [0.15, 0.2) is 11.4 Å². The maximum absolute atomic E-state index is 11.4. The topological polar surface area (TPSA) is 46.2 Å². The summed E-state index contributed by atoms with van der Waals surface area (Å²) in [5.41, 5.74) is 1.26. The Kier molecular flexibility index (Phi) is 6.39. The van der Waals surface area contributed by atoms with Crippen molar-refractivity contribution in [3.63, 3.8) is 0 Å². The maximum atomic E-state index is 11.4. The number of thiophene rings is 1. The summed E-state index contributed by atoms with van der Waals surface area (Å²) in [6, 6.07) is 2.42. The monoisotopic (exact) mass is 387 g/mol. The summed E-state index contributed by atoms with van der Waals surface area (Å²) >= 11 is 4.02. The van der Waals surface area contributed by atoms with Gasteiger partial charge in [0.2, 0.25) is 0 Å². The zero-order chi connectivity index (χ0) is 12.9. The zero-order valence-electron chi connectivity index (χ0n) is 10.1. The Morgan fingerprint density at radius 1 is 1.53 bits per heavy atom. The minimum atomic E-state index is -2.83. The van der Waals surface area contributed by atoms with E-state index in [4.69, 9.17) is 0 Å². The Hall–Kier alpha value is 0.340. The summed E-state index contributed by atoms with van der Waals surface area (Å²) in [5, 5.41) is 5.38. The molecule has 1 N–H and O–H groups in total. The van der Waals surface area contributed by atoms with Crippen molar-refractivity contribution < 1.29 is 8.42 Å². The smallest absolute Gasteiger partial charge is 0.150 e. The molecule has 0 radical (unpaired) electrons. The van der Waals surface area contributed by atoms with Gasteiger partial charge in [-0.1, -0.05) is 6.92 Å². The number of hydrogen-bond acceptors (Lipinski definition) is 4. The Balaban J connectivity index is 2.49. The van der Waals surface area contributed by atoms with Crippen LogP contribution < -0.4 is 5.32 Å². The third-order valence-corrected chi connectivity index (χ3v) is 6.32. The fourth-order valence-corrected chi connectivity index (χ4v) is 3.96. The van der Waals surface area contributed by atoms with Crippen molar-refractivity contribution >= 4 is 43.8 Å². The standard InChI is InChI=1S/C11H18INO2S2/c1-3-17(14,15)6-4-5-10(13-2)9-7-11(12)16-8-9/h7-8,10,13H,3-6H2,1-2H3. The molecule has 6 heteroatoms. The van der Waals surface area contributed by atoms with Gasteiger partial charge in [0.05, 0.1) is 8.64 Å². The van der Waals surface area contributed by atoms with E-state index < -0.39 is 9.84 Å². The molecular weight excluding hydrogens is 369 g/mol. The van der Waals surface area contributed by atoms with Crippen LogP contribution in [0.5, 0.6) is 0 Å². The molecule has 0 bridgehead atoms. The number of rotatable bonds is 7. The van der Waals surface area contributed by atoms with E-state index in [0.717, 1.165) is 6.42 Å². The highest BCUT2D eigenvalue weighted by Crippen LogP contribution is 2.25. The van der Waals surface area contributed by atoms with Crippen LogP contribution in [0.25, 0.3) is 0 Å². The Morgan fingerprint density at radius 2 is 2.24 bits per heavy atom. The van der Waals surface area contributed by atoms with Gasteiger partial charge >= 0.3 is 0 Å². The molecule has 1 rings (SSSR count). The number of sulfone groups is 1. The lowest BCUT2D eigenvalue weighted by Gasteiger charge is -2.14. The van der Waals surface area contributed by atoms with Crippen molar-refractivity contribution in [1.29, 1.82) is 0 Å². The van der Waals surface area contributed by atoms with Crippen molar-refractivity contribution in [2.45, 2.75) is 25.8 Å². The summed E-state index contributed by atoms with van der Waals surface area (Å²) in [7, 11) is -0.907. The van der Waals surface area contributed by atoms with E-state index in [-0.39, 0.29) is 11.8 Å². The summed E-state index contributed by atoms with van der Waals surface area (Å²) < 4.78 is 24.0. The predicted molar refractivity (Wildman–Crippen MR) is 82.4 cm³/mol.